The first-order chi connectivity index (χ1) is 7.09. The quantitative estimate of drug-likeness (QED) is 0.594. The van der Waals surface area contributed by atoms with Crippen LogP contribution in [0, 0.1) is 11.3 Å². The first-order valence-corrected chi connectivity index (χ1v) is 6.26. The molecule has 3 heteroatoms. The number of amidine groups is 1. The highest BCUT2D eigenvalue weighted by atomic mass is 32.2. The van der Waals surface area contributed by atoms with Crippen molar-refractivity contribution in [1.29, 1.82) is 5.41 Å². The Labute approximate surface area is 95.8 Å². The zero-order chi connectivity index (χ0) is 11.3. The van der Waals surface area contributed by atoms with E-state index in [1.165, 1.54) is 11.3 Å². The molecule has 0 aliphatic rings. The van der Waals surface area contributed by atoms with E-state index >= 15 is 0 Å². The van der Waals surface area contributed by atoms with E-state index in [1.807, 2.05) is 36.0 Å². The van der Waals surface area contributed by atoms with Gasteiger partial charge >= 0.3 is 0 Å². The Morgan fingerprint density at radius 2 is 1.93 bits per heavy atom. The molecule has 0 fully saturated rings. The van der Waals surface area contributed by atoms with Crippen molar-refractivity contribution < 1.29 is 0 Å². The monoisotopic (exact) mass is 222 g/mol. The van der Waals surface area contributed by atoms with Gasteiger partial charge in [0, 0.05) is 11.3 Å². The molecule has 3 N–H and O–H groups in total. The van der Waals surface area contributed by atoms with Crippen LogP contribution in [0.2, 0.25) is 0 Å². The van der Waals surface area contributed by atoms with Crippen molar-refractivity contribution in [3.63, 3.8) is 0 Å². The molecule has 1 rings (SSSR count). The summed E-state index contributed by atoms with van der Waals surface area (Å²) in [5.41, 5.74) is 7.48. The van der Waals surface area contributed by atoms with Gasteiger partial charge in [0.05, 0.1) is 0 Å². The molecule has 0 bridgehead atoms. The van der Waals surface area contributed by atoms with Crippen LogP contribution < -0.4 is 5.73 Å². The van der Waals surface area contributed by atoms with Crippen LogP contribution in [-0.2, 0) is 5.75 Å². The number of hydrogen-bond acceptors (Lipinski definition) is 2. The van der Waals surface area contributed by atoms with Gasteiger partial charge in [-0.25, -0.2) is 0 Å². The van der Waals surface area contributed by atoms with Gasteiger partial charge in [-0.1, -0.05) is 38.1 Å². The van der Waals surface area contributed by atoms with Gasteiger partial charge in [0.2, 0.25) is 0 Å². The molecule has 0 spiro atoms. The Bertz CT molecular complexity index is 317. The van der Waals surface area contributed by atoms with Gasteiger partial charge in [0.25, 0.3) is 0 Å². The highest BCUT2D eigenvalue weighted by molar-refractivity contribution is 7.98. The molecule has 0 atom stereocenters. The smallest absolute Gasteiger partial charge is 0.122 e. The number of hydrogen-bond donors (Lipinski definition) is 2. The van der Waals surface area contributed by atoms with E-state index in [-0.39, 0.29) is 5.84 Å². The molecule has 0 aliphatic carbocycles. The average Bonchev–Trinajstić information content (AvgIpc) is 2.18. The molecule has 0 saturated carbocycles. The van der Waals surface area contributed by atoms with Crippen LogP contribution >= 0.6 is 11.8 Å². The molecule has 0 aliphatic heterocycles. The van der Waals surface area contributed by atoms with E-state index in [4.69, 9.17) is 11.1 Å². The third-order valence-corrected chi connectivity index (χ3v) is 3.42. The second-order valence-electron chi connectivity index (χ2n) is 4.02. The number of thioether (sulfide) groups is 1. The average molecular weight is 222 g/mol. The fourth-order valence-electron chi connectivity index (χ4n) is 1.19. The van der Waals surface area contributed by atoms with Crippen LogP contribution in [-0.4, -0.2) is 11.6 Å². The molecule has 0 saturated heterocycles. The normalized spacial score (nSPS) is 10.6. The van der Waals surface area contributed by atoms with Gasteiger partial charge in [0.1, 0.15) is 5.84 Å². The van der Waals surface area contributed by atoms with Gasteiger partial charge in [-0.15, -0.1) is 0 Å². The lowest BCUT2D eigenvalue weighted by atomic mass is 10.1. The summed E-state index contributed by atoms with van der Waals surface area (Å²) in [5.74, 6) is 3.10. The maximum atomic E-state index is 7.27. The van der Waals surface area contributed by atoms with Crippen LogP contribution in [0.1, 0.15) is 25.0 Å². The van der Waals surface area contributed by atoms with Crippen molar-refractivity contribution in [1.82, 2.24) is 0 Å². The van der Waals surface area contributed by atoms with Crippen LogP contribution in [0.3, 0.4) is 0 Å². The Kier molecular flexibility index (Phi) is 4.69. The van der Waals surface area contributed by atoms with Crippen molar-refractivity contribution in [2.45, 2.75) is 19.6 Å². The number of nitrogens with one attached hydrogen (secondary N) is 1. The minimum Gasteiger partial charge on any atom is -0.384 e. The molecule has 15 heavy (non-hydrogen) atoms. The zero-order valence-corrected chi connectivity index (χ0v) is 10.1. The maximum Gasteiger partial charge on any atom is 0.122 e. The second-order valence-corrected chi connectivity index (χ2v) is 5.05. The van der Waals surface area contributed by atoms with Crippen molar-refractivity contribution in [2.24, 2.45) is 11.7 Å². The predicted molar refractivity (Wildman–Crippen MR) is 68.5 cm³/mol. The van der Waals surface area contributed by atoms with E-state index in [0.717, 1.165) is 17.2 Å². The Hall–Kier alpha value is -0.960. The van der Waals surface area contributed by atoms with Gasteiger partial charge in [-0.05, 0) is 17.2 Å². The Balaban J connectivity index is 2.46. The number of benzene rings is 1. The fraction of sp³-hybridized carbons (Fsp3) is 0.417. The molecular formula is C12H18N2S. The Morgan fingerprint density at radius 1 is 1.33 bits per heavy atom. The van der Waals surface area contributed by atoms with Crippen molar-refractivity contribution in [3.05, 3.63) is 35.4 Å². The van der Waals surface area contributed by atoms with Crippen molar-refractivity contribution in [3.8, 4) is 0 Å². The van der Waals surface area contributed by atoms with E-state index in [2.05, 4.69) is 13.8 Å². The zero-order valence-electron chi connectivity index (χ0n) is 9.29. The lowest BCUT2D eigenvalue weighted by Gasteiger charge is -2.05. The fourth-order valence-corrected chi connectivity index (χ4v) is 2.21. The summed E-state index contributed by atoms with van der Waals surface area (Å²) in [7, 11) is 0. The summed E-state index contributed by atoms with van der Waals surface area (Å²) in [5, 5.41) is 7.27. The lowest BCUT2D eigenvalue weighted by Crippen LogP contribution is -2.10. The minimum absolute atomic E-state index is 0.136. The molecule has 0 unspecified atom stereocenters. The van der Waals surface area contributed by atoms with E-state index in [0.29, 0.717) is 0 Å². The van der Waals surface area contributed by atoms with Crippen LogP contribution in [0.15, 0.2) is 24.3 Å². The molecule has 0 amide bonds. The van der Waals surface area contributed by atoms with E-state index in [1.54, 1.807) is 0 Å². The van der Waals surface area contributed by atoms with Gasteiger partial charge in [-0.3, -0.25) is 5.41 Å². The molecule has 2 nitrogen and oxygen atoms in total. The first-order valence-electron chi connectivity index (χ1n) is 5.10. The second kappa shape index (κ2) is 5.81. The largest absolute Gasteiger partial charge is 0.384 e. The van der Waals surface area contributed by atoms with Crippen LogP contribution in [0.4, 0.5) is 0 Å². The third-order valence-electron chi connectivity index (χ3n) is 1.98. The molecule has 0 heterocycles. The predicted octanol–water partition coefficient (Wildman–Crippen LogP) is 2.86. The molecular weight excluding hydrogens is 204 g/mol. The number of nitrogen functional groups attached to an aromatic ring is 1. The first kappa shape index (κ1) is 12.1. The topological polar surface area (TPSA) is 49.9 Å². The maximum absolute atomic E-state index is 7.27. The summed E-state index contributed by atoms with van der Waals surface area (Å²) in [6.45, 7) is 4.46. The SMILES string of the molecule is CC(C)CSCc1ccc(C(=N)N)cc1. The third kappa shape index (κ3) is 4.38. The summed E-state index contributed by atoms with van der Waals surface area (Å²) < 4.78 is 0. The van der Waals surface area contributed by atoms with E-state index < -0.39 is 0 Å². The lowest BCUT2D eigenvalue weighted by molar-refractivity contribution is 0.750. The van der Waals surface area contributed by atoms with Crippen molar-refractivity contribution in [2.75, 3.05) is 5.75 Å². The van der Waals surface area contributed by atoms with Crippen LogP contribution in [0.5, 0.6) is 0 Å². The highest BCUT2D eigenvalue weighted by Crippen LogP contribution is 2.15. The van der Waals surface area contributed by atoms with E-state index in [9.17, 15) is 0 Å². The molecule has 82 valence electrons. The number of rotatable bonds is 5. The van der Waals surface area contributed by atoms with Crippen molar-refractivity contribution >= 4 is 17.6 Å². The summed E-state index contributed by atoms with van der Waals surface area (Å²) in [6, 6.07) is 7.91. The molecule has 1 aromatic rings. The van der Waals surface area contributed by atoms with Gasteiger partial charge in [0.15, 0.2) is 0 Å². The molecule has 0 aromatic heterocycles. The highest BCUT2D eigenvalue weighted by Gasteiger charge is 1.98. The molecule has 1 aromatic carbocycles. The number of nitrogens with two attached hydrogens (primary N) is 1. The summed E-state index contributed by atoms with van der Waals surface area (Å²) in [4.78, 5) is 0. The molecule has 0 radical (unpaired) electrons. The summed E-state index contributed by atoms with van der Waals surface area (Å²) in [6.07, 6.45) is 0. The summed E-state index contributed by atoms with van der Waals surface area (Å²) >= 11 is 1.94. The minimum atomic E-state index is 0.136. The van der Waals surface area contributed by atoms with Gasteiger partial charge in [-0.2, -0.15) is 11.8 Å². The van der Waals surface area contributed by atoms with Gasteiger partial charge < -0.3 is 5.73 Å². The standard InChI is InChI=1S/C12H18N2S/c1-9(2)7-15-8-10-3-5-11(6-4-10)12(13)14/h3-6,9H,7-8H2,1-2H3,(H3,13,14). The van der Waals surface area contributed by atoms with Crippen LogP contribution in [0.25, 0.3) is 0 Å². The Morgan fingerprint density at radius 3 is 2.40 bits per heavy atom.